The number of rotatable bonds is 5. The van der Waals surface area contributed by atoms with Crippen molar-refractivity contribution < 1.29 is 19.5 Å². The fraction of sp³-hybridized carbons (Fsp3) is 0.833. The summed E-state index contributed by atoms with van der Waals surface area (Å²) in [6.07, 6.45) is 6.75. The lowest BCUT2D eigenvalue weighted by Gasteiger charge is -2.67. The molecular formula is C30H46O4. The molecular weight excluding hydrogens is 424 g/mol. The highest BCUT2D eigenvalue weighted by Crippen LogP contribution is 2.73. The van der Waals surface area contributed by atoms with Gasteiger partial charge in [-0.2, -0.15) is 0 Å². The predicted molar refractivity (Wildman–Crippen MR) is 134 cm³/mol. The smallest absolute Gasteiger partial charge is 0.160 e. The van der Waals surface area contributed by atoms with Crippen molar-refractivity contribution in [3.8, 4) is 0 Å². The summed E-state index contributed by atoms with van der Waals surface area (Å²) in [4.78, 5) is 39.0. The molecule has 190 valence electrons. The fourth-order valence-electron chi connectivity index (χ4n) is 9.47. The third-order valence-electron chi connectivity index (χ3n) is 11.2. The van der Waals surface area contributed by atoms with Crippen molar-refractivity contribution >= 4 is 17.3 Å². The first-order chi connectivity index (χ1) is 15.5. The average Bonchev–Trinajstić information content (AvgIpc) is 2.94. The summed E-state index contributed by atoms with van der Waals surface area (Å²) in [5.74, 6) is 1.48. The van der Waals surface area contributed by atoms with Crippen molar-refractivity contribution in [3.05, 3.63) is 11.1 Å². The van der Waals surface area contributed by atoms with Gasteiger partial charge in [-0.05, 0) is 80.1 Å². The van der Waals surface area contributed by atoms with Gasteiger partial charge in [-0.3, -0.25) is 14.4 Å². The zero-order chi connectivity index (χ0) is 25.5. The first-order valence-corrected chi connectivity index (χ1v) is 13.5. The van der Waals surface area contributed by atoms with Crippen LogP contribution in [0, 0.1) is 39.4 Å². The van der Waals surface area contributed by atoms with Crippen LogP contribution < -0.4 is 0 Å². The van der Waals surface area contributed by atoms with Gasteiger partial charge in [0, 0.05) is 36.5 Å². The molecule has 0 spiro atoms. The van der Waals surface area contributed by atoms with Crippen LogP contribution in [0.4, 0.5) is 0 Å². The van der Waals surface area contributed by atoms with Gasteiger partial charge < -0.3 is 5.11 Å². The van der Waals surface area contributed by atoms with Crippen LogP contribution in [0.1, 0.15) is 113 Å². The molecule has 3 saturated carbocycles. The van der Waals surface area contributed by atoms with Crippen LogP contribution in [0.15, 0.2) is 11.1 Å². The van der Waals surface area contributed by atoms with E-state index in [1.807, 2.05) is 6.92 Å². The Labute approximate surface area is 206 Å². The molecule has 0 aromatic heterocycles. The number of aliphatic hydroxyl groups is 1. The normalized spacial score (nSPS) is 40.5. The van der Waals surface area contributed by atoms with E-state index in [0.717, 1.165) is 37.7 Å². The maximum absolute atomic E-state index is 13.5. The number of carbonyl (C=O) groups excluding carboxylic acids is 3. The van der Waals surface area contributed by atoms with E-state index in [9.17, 15) is 19.5 Å². The largest absolute Gasteiger partial charge is 0.390 e. The summed E-state index contributed by atoms with van der Waals surface area (Å²) in [6.45, 7) is 16.9. The quantitative estimate of drug-likeness (QED) is 0.516. The van der Waals surface area contributed by atoms with Crippen LogP contribution in [0.25, 0.3) is 0 Å². The second-order valence-corrected chi connectivity index (χ2v) is 14.2. The topological polar surface area (TPSA) is 71.4 Å². The van der Waals surface area contributed by atoms with Gasteiger partial charge in [0.05, 0.1) is 5.60 Å². The average molecular weight is 471 g/mol. The number of Topliss-reactive ketones (excluding diaryl/α,β-unsaturated/α-hetero) is 3. The molecule has 4 aliphatic rings. The Hall–Kier alpha value is -1.29. The SMILES string of the molecule is C[C@H](CC(=O)CC(C)(C)O)C1=C2CCC3[C@@]4(C)CCC(=O)C(C)(C)C4CC[C@]3(C)[C@@]2(C)CC1=O. The molecule has 3 fully saturated rings. The van der Waals surface area contributed by atoms with E-state index in [1.54, 1.807) is 13.8 Å². The molecule has 4 nitrogen and oxygen atoms in total. The molecule has 0 amide bonds. The van der Waals surface area contributed by atoms with Crippen LogP contribution >= 0.6 is 0 Å². The standard InChI is InChI=1S/C30H46O4/c1-18(15-19(31)16-26(2,3)34)25-20-9-10-23-28(6)13-12-24(33)27(4,5)22(28)11-14-29(23,7)30(20,8)17-21(25)32/h18,22-23,34H,9-17H2,1-8H3/t18-,22?,23?,28+,29+,30+/m1/s1. The molecule has 4 heteroatoms. The second-order valence-electron chi connectivity index (χ2n) is 14.2. The molecule has 0 aromatic carbocycles. The predicted octanol–water partition coefficient (Wildman–Crippen LogP) is 6.24. The lowest BCUT2D eigenvalue weighted by Crippen LogP contribution is -2.62. The summed E-state index contributed by atoms with van der Waals surface area (Å²) in [5, 5.41) is 10.1. The van der Waals surface area contributed by atoms with E-state index < -0.39 is 5.60 Å². The lowest BCUT2D eigenvalue weighted by molar-refractivity contribution is -0.180. The van der Waals surface area contributed by atoms with Crippen molar-refractivity contribution in [2.75, 3.05) is 0 Å². The molecule has 4 aliphatic carbocycles. The first-order valence-electron chi connectivity index (χ1n) is 13.5. The van der Waals surface area contributed by atoms with Gasteiger partial charge in [-0.1, -0.05) is 47.1 Å². The van der Waals surface area contributed by atoms with E-state index >= 15 is 0 Å². The third-order valence-corrected chi connectivity index (χ3v) is 11.2. The van der Waals surface area contributed by atoms with Gasteiger partial charge in [-0.15, -0.1) is 0 Å². The zero-order valence-corrected chi connectivity index (χ0v) is 22.8. The van der Waals surface area contributed by atoms with Crippen molar-refractivity contribution in [3.63, 3.8) is 0 Å². The number of hydrogen-bond donors (Lipinski definition) is 1. The molecule has 0 radical (unpaired) electrons. The molecule has 0 saturated heterocycles. The number of ketones is 3. The van der Waals surface area contributed by atoms with Gasteiger partial charge >= 0.3 is 0 Å². The molecule has 0 aliphatic heterocycles. The summed E-state index contributed by atoms with van der Waals surface area (Å²) in [6, 6.07) is 0. The maximum Gasteiger partial charge on any atom is 0.160 e. The number of fused-ring (bicyclic) bond motifs is 5. The molecule has 2 unspecified atom stereocenters. The Kier molecular flexibility index (Phi) is 5.96. The fourth-order valence-corrected chi connectivity index (χ4v) is 9.47. The molecule has 34 heavy (non-hydrogen) atoms. The van der Waals surface area contributed by atoms with Crippen LogP contribution in [0.3, 0.4) is 0 Å². The maximum atomic E-state index is 13.5. The highest BCUT2D eigenvalue weighted by molar-refractivity contribution is 6.01. The van der Waals surface area contributed by atoms with Crippen LogP contribution in [-0.4, -0.2) is 28.1 Å². The van der Waals surface area contributed by atoms with Crippen molar-refractivity contribution in [2.45, 2.75) is 119 Å². The van der Waals surface area contributed by atoms with Gasteiger partial charge in [0.15, 0.2) is 5.78 Å². The van der Waals surface area contributed by atoms with Gasteiger partial charge in [-0.25, -0.2) is 0 Å². The highest BCUT2D eigenvalue weighted by Gasteiger charge is 2.67. The van der Waals surface area contributed by atoms with Gasteiger partial charge in [0.1, 0.15) is 11.6 Å². The Morgan fingerprint density at radius 2 is 1.68 bits per heavy atom. The minimum atomic E-state index is -1.02. The molecule has 4 rings (SSSR count). The molecule has 0 heterocycles. The van der Waals surface area contributed by atoms with E-state index in [0.29, 0.717) is 36.9 Å². The summed E-state index contributed by atoms with van der Waals surface area (Å²) in [5.41, 5.74) is 0.922. The summed E-state index contributed by atoms with van der Waals surface area (Å²) < 4.78 is 0. The van der Waals surface area contributed by atoms with Gasteiger partial charge in [0.25, 0.3) is 0 Å². The van der Waals surface area contributed by atoms with Crippen molar-refractivity contribution in [2.24, 2.45) is 39.4 Å². The number of carbonyl (C=O) groups is 3. The summed E-state index contributed by atoms with van der Waals surface area (Å²) in [7, 11) is 0. The van der Waals surface area contributed by atoms with Crippen LogP contribution in [0.5, 0.6) is 0 Å². The number of hydrogen-bond acceptors (Lipinski definition) is 4. The van der Waals surface area contributed by atoms with Crippen molar-refractivity contribution in [1.82, 2.24) is 0 Å². The van der Waals surface area contributed by atoms with Crippen LogP contribution in [-0.2, 0) is 14.4 Å². The minimum Gasteiger partial charge on any atom is -0.390 e. The van der Waals surface area contributed by atoms with E-state index in [1.165, 1.54) is 5.57 Å². The minimum absolute atomic E-state index is 0.0243. The third kappa shape index (κ3) is 3.61. The van der Waals surface area contributed by atoms with E-state index in [2.05, 4.69) is 34.6 Å². The highest BCUT2D eigenvalue weighted by atomic mass is 16.3. The molecule has 0 aromatic rings. The van der Waals surface area contributed by atoms with E-state index in [4.69, 9.17) is 0 Å². The molecule has 0 bridgehead atoms. The first kappa shape index (κ1) is 25.8. The van der Waals surface area contributed by atoms with Crippen molar-refractivity contribution in [1.29, 1.82) is 0 Å². The Balaban J connectivity index is 1.68. The second kappa shape index (κ2) is 7.85. The van der Waals surface area contributed by atoms with E-state index in [-0.39, 0.29) is 45.6 Å². The molecule has 1 N–H and O–H groups in total. The Morgan fingerprint density at radius 3 is 2.29 bits per heavy atom. The Morgan fingerprint density at radius 1 is 1.03 bits per heavy atom. The van der Waals surface area contributed by atoms with Crippen LogP contribution in [0.2, 0.25) is 0 Å². The summed E-state index contributed by atoms with van der Waals surface area (Å²) >= 11 is 0. The Bertz CT molecular complexity index is 949. The monoisotopic (exact) mass is 470 g/mol. The van der Waals surface area contributed by atoms with Gasteiger partial charge in [0.2, 0.25) is 0 Å². The molecule has 6 atom stereocenters. The zero-order valence-electron chi connectivity index (χ0n) is 22.8. The number of allylic oxidation sites excluding steroid dienone is 2. The lowest BCUT2D eigenvalue weighted by atomic mass is 9.36.